The molecule has 1 heterocycles. The van der Waals surface area contributed by atoms with Crippen LogP contribution in [0, 0.1) is 5.41 Å². The van der Waals surface area contributed by atoms with Crippen molar-refractivity contribution >= 4 is 0 Å². The minimum atomic E-state index is -0.139. The largest absolute Gasteiger partial charge is 0.501 e. The van der Waals surface area contributed by atoms with E-state index in [-0.39, 0.29) is 11.0 Å². The van der Waals surface area contributed by atoms with Crippen LogP contribution >= 0.6 is 0 Å². The lowest BCUT2D eigenvalue weighted by molar-refractivity contribution is 0.0970. The molecule has 1 aliphatic heterocycles. The standard InChI is InChI=1S/C16H23NO/c1-13(18-4)15(2,3)16(11-8-12-17-16)14-9-6-5-7-10-14/h5-7,9-10,17H,1,8,11-12H2,2-4H3. The second-order valence-electron chi connectivity index (χ2n) is 5.55. The van der Waals surface area contributed by atoms with Crippen molar-refractivity contribution in [1.29, 1.82) is 0 Å². The van der Waals surface area contributed by atoms with Crippen molar-refractivity contribution in [2.75, 3.05) is 13.7 Å². The summed E-state index contributed by atoms with van der Waals surface area (Å²) in [5, 5.41) is 3.70. The highest BCUT2D eigenvalue weighted by Crippen LogP contribution is 2.49. The van der Waals surface area contributed by atoms with E-state index in [2.05, 4.69) is 56.1 Å². The molecule has 0 bridgehead atoms. The van der Waals surface area contributed by atoms with Crippen LogP contribution in [-0.2, 0) is 10.3 Å². The lowest BCUT2D eigenvalue weighted by Gasteiger charge is -2.45. The molecule has 1 saturated heterocycles. The Balaban J connectivity index is 2.48. The number of methoxy groups -OCH3 is 1. The van der Waals surface area contributed by atoms with Crippen LogP contribution < -0.4 is 5.32 Å². The van der Waals surface area contributed by atoms with Gasteiger partial charge in [0, 0.05) is 5.41 Å². The van der Waals surface area contributed by atoms with Gasteiger partial charge in [0.2, 0.25) is 0 Å². The van der Waals surface area contributed by atoms with Crippen LogP contribution in [0.1, 0.15) is 32.3 Å². The third-order valence-electron chi connectivity index (χ3n) is 4.43. The first kappa shape index (κ1) is 13.2. The lowest BCUT2D eigenvalue weighted by atomic mass is 9.66. The van der Waals surface area contributed by atoms with Gasteiger partial charge < -0.3 is 10.1 Å². The van der Waals surface area contributed by atoms with E-state index in [4.69, 9.17) is 4.74 Å². The molecule has 18 heavy (non-hydrogen) atoms. The molecule has 0 spiro atoms. The van der Waals surface area contributed by atoms with Gasteiger partial charge in [0.15, 0.2) is 0 Å². The maximum atomic E-state index is 5.44. The van der Waals surface area contributed by atoms with Crippen LogP contribution in [0.5, 0.6) is 0 Å². The topological polar surface area (TPSA) is 21.3 Å². The molecule has 2 heteroatoms. The van der Waals surface area contributed by atoms with Crippen LogP contribution in [0.15, 0.2) is 42.7 Å². The van der Waals surface area contributed by atoms with Crippen molar-refractivity contribution in [2.45, 2.75) is 32.2 Å². The third kappa shape index (κ3) is 1.85. The van der Waals surface area contributed by atoms with Crippen molar-refractivity contribution in [1.82, 2.24) is 5.32 Å². The van der Waals surface area contributed by atoms with Crippen molar-refractivity contribution in [3.8, 4) is 0 Å². The number of ether oxygens (including phenoxy) is 1. The second kappa shape index (κ2) is 4.77. The summed E-state index contributed by atoms with van der Waals surface area (Å²) in [7, 11) is 1.71. The Kier molecular flexibility index (Phi) is 3.49. The summed E-state index contributed by atoms with van der Waals surface area (Å²) in [6.45, 7) is 9.57. The van der Waals surface area contributed by atoms with Gasteiger partial charge in [-0.2, -0.15) is 0 Å². The highest BCUT2D eigenvalue weighted by molar-refractivity contribution is 5.32. The molecule has 1 aromatic carbocycles. The van der Waals surface area contributed by atoms with Gasteiger partial charge >= 0.3 is 0 Å². The molecule has 2 nitrogen and oxygen atoms in total. The summed E-state index contributed by atoms with van der Waals surface area (Å²) >= 11 is 0. The normalized spacial score (nSPS) is 23.9. The van der Waals surface area contributed by atoms with Gasteiger partial charge in [0.25, 0.3) is 0 Å². The Morgan fingerprint density at radius 1 is 1.33 bits per heavy atom. The van der Waals surface area contributed by atoms with Gasteiger partial charge in [-0.3, -0.25) is 0 Å². The van der Waals surface area contributed by atoms with Gasteiger partial charge in [-0.25, -0.2) is 0 Å². The predicted octanol–water partition coefficient (Wildman–Crippen LogP) is 3.45. The minimum Gasteiger partial charge on any atom is -0.501 e. The smallest absolute Gasteiger partial charge is 0.0961 e. The summed E-state index contributed by atoms with van der Waals surface area (Å²) in [5.74, 6) is 0.834. The van der Waals surface area contributed by atoms with Gasteiger partial charge in [0.05, 0.1) is 18.4 Å². The van der Waals surface area contributed by atoms with E-state index in [1.165, 1.54) is 12.0 Å². The zero-order valence-corrected chi connectivity index (χ0v) is 11.6. The zero-order chi connectivity index (χ0) is 13.2. The van der Waals surface area contributed by atoms with Crippen LogP contribution in [-0.4, -0.2) is 13.7 Å². The van der Waals surface area contributed by atoms with E-state index in [0.717, 1.165) is 18.7 Å². The third-order valence-corrected chi connectivity index (χ3v) is 4.43. The van der Waals surface area contributed by atoms with Crippen LogP contribution in [0.3, 0.4) is 0 Å². The number of hydrogen-bond donors (Lipinski definition) is 1. The fraction of sp³-hybridized carbons (Fsp3) is 0.500. The molecule has 0 saturated carbocycles. The fourth-order valence-electron chi connectivity index (χ4n) is 3.10. The average Bonchev–Trinajstić information content (AvgIpc) is 2.89. The highest BCUT2D eigenvalue weighted by Gasteiger charge is 2.50. The van der Waals surface area contributed by atoms with E-state index in [1.54, 1.807) is 7.11 Å². The van der Waals surface area contributed by atoms with Crippen molar-refractivity contribution in [3.63, 3.8) is 0 Å². The van der Waals surface area contributed by atoms with E-state index < -0.39 is 0 Å². The molecule has 1 atom stereocenters. The first-order chi connectivity index (χ1) is 8.54. The summed E-state index contributed by atoms with van der Waals surface area (Å²) in [5.41, 5.74) is 1.12. The van der Waals surface area contributed by atoms with E-state index >= 15 is 0 Å². The lowest BCUT2D eigenvalue weighted by Crippen LogP contribution is -2.50. The quantitative estimate of drug-likeness (QED) is 0.820. The van der Waals surface area contributed by atoms with Crippen molar-refractivity contribution < 1.29 is 4.74 Å². The average molecular weight is 245 g/mol. The maximum Gasteiger partial charge on any atom is 0.0961 e. The van der Waals surface area contributed by atoms with Gasteiger partial charge in [0.1, 0.15) is 0 Å². The molecular weight excluding hydrogens is 222 g/mol. The van der Waals surface area contributed by atoms with E-state index in [9.17, 15) is 0 Å². The van der Waals surface area contributed by atoms with Crippen LogP contribution in [0.25, 0.3) is 0 Å². The number of nitrogens with one attached hydrogen (secondary N) is 1. The Morgan fingerprint density at radius 3 is 2.50 bits per heavy atom. The van der Waals surface area contributed by atoms with Crippen LogP contribution in [0.4, 0.5) is 0 Å². The Morgan fingerprint density at radius 2 is 2.00 bits per heavy atom. The predicted molar refractivity (Wildman–Crippen MR) is 75.3 cm³/mol. The molecule has 0 aliphatic carbocycles. The number of hydrogen-bond acceptors (Lipinski definition) is 2. The molecule has 0 aromatic heterocycles. The van der Waals surface area contributed by atoms with E-state index in [1.807, 2.05) is 0 Å². The van der Waals surface area contributed by atoms with Crippen LogP contribution in [0.2, 0.25) is 0 Å². The Bertz CT molecular complexity index is 416. The molecular formula is C16H23NO. The second-order valence-corrected chi connectivity index (χ2v) is 5.55. The first-order valence-corrected chi connectivity index (χ1v) is 6.58. The first-order valence-electron chi connectivity index (χ1n) is 6.58. The maximum absolute atomic E-state index is 5.44. The van der Waals surface area contributed by atoms with Gasteiger partial charge in [-0.15, -0.1) is 0 Å². The SMILES string of the molecule is C=C(OC)C(C)(C)C1(c2ccccc2)CCCN1. The summed E-state index contributed by atoms with van der Waals surface area (Å²) in [4.78, 5) is 0. The van der Waals surface area contributed by atoms with E-state index in [0.29, 0.717) is 0 Å². The Labute approximate surface area is 110 Å². The number of rotatable bonds is 4. The Hall–Kier alpha value is -1.28. The molecule has 1 unspecified atom stereocenters. The van der Waals surface area contributed by atoms with Gasteiger partial charge in [-0.05, 0) is 24.9 Å². The fourth-order valence-corrected chi connectivity index (χ4v) is 3.10. The molecule has 2 rings (SSSR count). The summed E-state index contributed by atoms with van der Waals surface area (Å²) in [6, 6.07) is 10.7. The van der Waals surface area contributed by atoms with Gasteiger partial charge in [-0.1, -0.05) is 50.8 Å². The van der Waals surface area contributed by atoms with Crippen molar-refractivity contribution in [3.05, 3.63) is 48.2 Å². The molecule has 1 fully saturated rings. The summed E-state index contributed by atoms with van der Waals surface area (Å²) < 4.78 is 5.44. The molecule has 0 amide bonds. The molecule has 98 valence electrons. The van der Waals surface area contributed by atoms with Crippen molar-refractivity contribution in [2.24, 2.45) is 5.41 Å². The molecule has 1 aromatic rings. The molecule has 0 radical (unpaired) electrons. The summed E-state index contributed by atoms with van der Waals surface area (Å²) in [6.07, 6.45) is 2.31. The highest BCUT2D eigenvalue weighted by atomic mass is 16.5. The minimum absolute atomic E-state index is 0.0681. The monoisotopic (exact) mass is 245 g/mol. The molecule has 1 N–H and O–H groups in total. The zero-order valence-electron chi connectivity index (χ0n) is 11.6. The molecule has 1 aliphatic rings. The number of benzene rings is 1.